The summed E-state index contributed by atoms with van der Waals surface area (Å²) in [7, 11) is -3.68. The molecule has 2 aliphatic heterocycles. The molecule has 0 unspecified atom stereocenters. The Morgan fingerprint density at radius 1 is 1.00 bits per heavy atom. The molecule has 3 N–H and O–H groups in total. The Hall–Kier alpha value is -4.39. The fraction of sp³-hybridized carbons (Fsp3) is 0.308. The Morgan fingerprint density at radius 3 is 2.41 bits per heavy atom. The Bertz CT molecular complexity index is 1760. The van der Waals surface area contributed by atoms with Crippen LogP contribution < -0.4 is 10.6 Å². The first-order valence-electron chi connectivity index (χ1n) is 12.8. The van der Waals surface area contributed by atoms with E-state index in [1.165, 1.54) is 10.8 Å². The van der Waals surface area contributed by atoms with Crippen LogP contribution in [0.4, 0.5) is 11.8 Å². The minimum atomic E-state index is -3.68. The molecule has 0 spiro atoms. The van der Waals surface area contributed by atoms with Crippen LogP contribution in [0.15, 0.2) is 59.8 Å². The maximum atomic E-state index is 13.0. The van der Waals surface area contributed by atoms with Crippen molar-refractivity contribution in [2.75, 3.05) is 16.9 Å². The van der Waals surface area contributed by atoms with Crippen LogP contribution in [0.2, 0.25) is 0 Å². The van der Waals surface area contributed by atoms with Gasteiger partial charge in [-0.2, -0.15) is 9.61 Å². The van der Waals surface area contributed by atoms with Gasteiger partial charge in [0.1, 0.15) is 10.7 Å². The predicted octanol–water partition coefficient (Wildman–Crippen LogP) is 2.87. The number of nitrogens with two attached hydrogens (primary N) is 1. The third-order valence-electron chi connectivity index (χ3n) is 7.88. The Balaban J connectivity index is 1.31. The molecule has 0 radical (unpaired) electrons. The smallest absolute Gasteiger partial charge is 0.243 e. The van der Waals surface area contributed by atoms with Gasteiger partial charge in [0.25, 0.3) is 0 Å². The number of rotatable bonds is 5. The summed E-state index contributed by atoms with van der Waals surface area (Å²) in [5, 5.41) is 18.9. The Morgan fingerprint density at radius 2 is 1.77 bits per heavy atom. The molecule has 2 fully saturated rings. The monoisotopic (exact) mass is 542 g/mol. The quantitative estimate of drug-likeness (QED) is 0.338. The first-order valence-corrected chi connectivity index (χ1v) is 14.7. The number of sulfone groups is 1. The van der Waals surface area contributed by atoms with Crippen LogP contribution in [0.5, 0.6) is 0 Å². The lowest BCUT2D eigenvalue weighted by atomic mass is 9.88. The van der Waals surface area contributed by atoms with Crippen molar-refractivity contribution in [3.05, 3.63) is 60.6 Å². The molecule has 4 aromatic heterocycles. The number of nitrogens with one attached hydrogen (secondary N) is 1. The van der Waals surface area contributed by atoms with Gasteiger partial charge in [-0.05, 0) is 42.2 Å². The van der Waals surface area contributed by atoms with Gasteiger partial charge in [0.15, 0.2) is 15.5 Å². The summed E-state index contributed by atoms with van der Waals surface area (Å²) in [6.07, 6.45) is 8.02. The van der Waals surface area contributed by atoms with Gasteiger partial charge in [-0.15, -0.1) is 0 Å². The van der Waals surface area contributed by atoms with E-state index in [1.54, 1.807) is 12.4 Å². The molecule has 1 aromatic carbocycles. The van der Waals surface area contributed by atoms with Crippen molar-refractivity contribution in [1.29, 1.82) is 0 Å². The standard InChI is InChI=1S/C26H26N10O2S/c1-39(37,38)23-22(17-11-18-8-9-19(12-17)35(18)26-31-33-34-32-26)30-25-20(14-29-36(25)24(23)27)16-7-10-21(28-13-16)15-5-3-2-4-6-15/h2-7,10,13-14,17-19H,8-9,11-12,27H2,1H3,(H,31,32,33,34)/t17-,18-,19+. The fourth-order valence-electron chi connectivity index (χ4n) is 6.22. The number of pyridine rings is 1. The average Bonchev–Trinajstić information content (AvgIpc) is 3.66. The third-order valence-corrected chi connectivity index (χ3v) is 9.04. The van der Waals surface area contributed by atoms with Crippen molar-refractivity contribution in [1.82, 2.24) is 40.2 Å². The molecular weight excluding hydrogens is 516 g/mol. The topological polar surface area (TPSA) is 161 Å². The summed E-state index contributed by atoms with van der Waals surface area (Å²) in [5.41, 5.74) is 11.0. The molecule has 6 heterocycles. The maximum Gasteiger partial charge on any atom is 0.243 e. The van der Waals surface area contributed by atoms with Crippen LogP contribution in [0, 0.1) is 0 Å². The fourth-order valence-corrected chi connectivity index (χ4v) is 7.28. The molecule has 0 amide bonds. The van der Waals surface area contributed by atoms with Crippen molar-refractivity contribution < 1.29 is 8.42 Å². The second kappa shape index (κ2) is 8.83. The zero-order valence-corrected chi connectivity index (χ0v) is 22.0. The summed E-state index contributed by atoms with van der Waals surface area (Å²) in [6, 6.07) is 14.2. The van der Waals surface area contributed by atoms with Crippen molar-refractivity contribution in [2.24, 2.45) is 0 Å². The second-order valence-electron chi connectivity index (χ2n) is 10.3. The highest BCUT2D eigenvalue weighted by Crippen LogP contribution is 2.46. The van der Waals surface area contributed by atoms with Crippen molar-refractivity contribution in [3.63, 3.8) is 0 Å². The Kier molecular flexibility index (Phi) is 5.37. The number of tetrazole rings is 1. The van der Waals surface area contributed by atoms with Crippen molar-refractivity contribution >= 4 is 27.3 Å². The number of H-pyrrole nitrogens is 1. The summed E-state index contributed by atoms with van der Waals surface area (Å²) >= 11 is 0. The molecular formula is C26H26N10O2S. The molecule has 0 saturated carbocycles. The highest BCUT2D eigenvalue weighted by Gasteiger charge is 2.44. The van der Waals surface area contributed by atoms with Gasteiger partial charge in [-0.1, -0.05) is 41.5 Å². The summed E-state index contributed by atoms with van der Waals surface area (Å²) in [4.78, 5) is 11.9. The molecule has 2 bridgehead atoms. The molecule has 3 atom stereocenters. The van der Waals surface area contributed by atoms with E-state index in [0.717, 1.165) is 48.1 Å². The molecule has 7 rings (SSSR count). The second-order valence-corrected chi connectivity index (χ2v) is 12.2. The maximum absolute atomic E-state index is 13.0. The first-order chi connectivity index (χ1) is 18.9. The van der Waals surface area contributed by atoms with E-state index >= 15 is 0 Å². The van der Waals surface area contributed by atoms with E-state index in [1.807, 2.05) is 42.5 Å². The number of nitrogens with zero attached hydrogens (tertiary/aromatic N) is 8. The van der Waals surface area contributed by atoms with Crippen LogP contribution in [0.1, 0.15) is 37.3 Å². The number of aromatic amines is 1. The first kappa shape index (κ1) is 23.7. The van der Waals surface area contributed by atoms with Crippen molar-refractivity contribution in [2.45, 2.75) is 48.6 Å². The van der Waals surface area contributed by atoms with Gasteiger partial charge in [-0.3, -0.25) is 4.98 Å². The molecule has 198 valence electrons. The van der Waals surface area contributed by atoms with Crippen LogP contribution in [-0.2, 0) is 9.84 Å². The highest BCUT2D eigenvalue weighted by molar-refractivity contribution is 7.91. The van der Waals surface area contributed by atoms with Gasteiger partial charge in [0.05, 0.1) is 17.6 Å². The number of hydrogen-bond donors (Lipinski definition) is 2. The van der Waals surface area contributed by atoms with Gasteiger partial charge in [0, 0.05) is 47.1 Å². The summed E-state index contributed by atoms with van der Waals surface area (Å²) in [5.74, 6) is 0.636. The van der Waals surface area contributed by atoms with E-state index < -0.39 is 9.84 Å². The number of piperidine rings is 1. The van der Waals surface area contributed by atoms with E-state index in [2.05, 4.69) is 35.6 Å². The number of aromatic nitrogens is 8. The summed E-state index contributed by atoms with van der Waals surface area (Å²) < 4.78 is 27.5. The van der Waals surface area contributed by atoms with Gasteiger partial charge >= 0.3 is 0 Å². The lowest BCUT2D eigenvalue weighted by Crippen LogP contribution is -2.43. The van der Waals surface area contributed by atoms with Gasteiger partial charge in [0.2, 0.25) is 5.95 Å². The zero-order valence-electron chi connectivity index (χ0n) is 21.1. The van der Waals surface area contributed by atoms with Gasteiger partial charge in [-0.25, -0.2) is 18.5 Å². The lowest BCUT2D eigenvalue weighted by Gasteiger charge is -2.38. The number of anilines is 2. The van der Waals surface area contributed by atoms with E-state index in [0.29, 0.717) is 17.3 Å². The molecule has 2 aliphatic rings. The molecule has 2 saturated heterocycles. The number of nitrogen functional groups attached to an aromatic ring is 1. The summed E-state index contributed by atoms with van der Waals surface area (Å²) in [6.45, 7) is 0. The molecule has 0 aliphatic carbocycles. The third kappa shape index (κ3) is 3.92. The minimum Gasteiger partial charge on any atom is -0.382 e. The van der Waals surface area contributed by atoms with Crippen molar-refractivity contribution in [3.8, 4) is 22.4 Å². The number of hydrogen-bond acceptors (Lipinski definition) is 10. The van der Waals surface area contributed by atoms with Gasteiger partial charge < -0.3 is 10.6 Å². The number of fused-ring (bicyclic) bond motifs is 3. The van der Waals surface area contributed by atoms with E-state index in [9.17, 15) is 8.42 Å². The zero-order chi connectivity index (χ0) is 26.7. The van der Waals surface area contributed by atoms with Crippen LogP contribution in [0.3, 0.4) is 0 Å². The number of benzene rings is 1. The Labute approximate surface area is 224 Å². The largest absolute Gasteiger partial charge is 0.382 e. The van der Waals surface area contributed by atoms with E-state index in [-0.39, 0.29) is 28.7 Å². The van der Waals surface area contributed by atoms with Crippen LogP contribution >= 0.6 is 0 Å². The predicted molar refractivity (Wildman–Crippen MR) is 145 cm³/mol. The lowest BCUT2D eigenvalue weighted by molar-refractivity contribution is 0.400. The average molecular weight is 543 g/mol. The normalized spacial score (nSPS) is 21.1. The minimum absolute atomic E-state index is 0.0568. The SMILES string of the molecule is CS(=O)(=O)c1c([C@@H]2C[C@H]3CC[C@@H](C2)N3c2nnn[nH]2)nc2c(-c3ccc(-c4ccccc4)nc3)cnn2c1N. The molecule has 39 heavy (non-hydrogen) atoms. The van der Waals surface area contributed by atoms with E-state index in [4.69, 9.17) is 10.7 Å². The van der Waals surface area contributed by atoms with Crippen LogP contribution in [0.25, 0.3) is 28.0 Å². The highest BCUT2D eigenvalue weighted by atomic mass is 32.2. The molecule has 12 nitrogen and oxygen atoms in total. The molecule has 5 aromatic rings. The molecule has 13 heteroatoms. The van der Waals surface area contributed by atoms with Crippen LogP contribution in [-0.4, -0.2) is 67.0 Å².